The van der Waals surface area contributed by atoms with Crippen LogP contribution in [0.5, 0.6) is 0 Å². The molecule has 0 aromatic carbocycles. The van der Waals surface area contributed by atoms with Crippen LogP contribution in [-0.4, -0.2) is 51.2 Å². The van der Waals surface area contributed by atoms with Crippen LogP contribution in [0.2, 0.25) is 0 Å². The van der Waals surface area contributed by atoms with E-state index in [-0.39, 0.29) is 0 Å². The third kappa shape index (κ3) is 44.7. The molecule has 0 amide bonds. The van der Waals surface area contributed by atoms with Crippen molar-refractivity contribution in [1.82, 2.24) is 0 Å². The van der Waals surface area contributed by atoms with Crippen LogP contribution in [-0.2, 0) is 23.7 Å². The quantitative estimate of drug-likeness (QED) is 0.0449. The lowest BCUT2D eigenvalue weighted by atomic mass is 9.95. The predicted molar refractivity (Wildman–Crippen MR) is 287 cm³/mol. The van der Waals surface area contributed by atoms with Crippen molar-refractivity contribution in [2.45, 2.75) is 348 Å². The molecule has 0 aliphatic rings. The zero-order valence-electron chi connectivity index (χ0n) is 45.8. The molecule has 5 nitrogen and oxygen atoms in total. The van der Waals surface area contributed by atoms with Gasteiger partial charge in [-0.25, -0.2) is 0 Å². The van der Waals surface area contributed by atoms with Crippen molar-refractivity contribution in [3.63, 3.8) is 0 Å². The highest BCUT2D eigenvalue weighted by molar-refractivity contribution is 4.80. The van der Waals surface area contributed by atoms with Gasteiger partial charge in [0.05, 0.1) is 13.2 Å². The Balaban J connectivity index is 5.43. The third-order valence-corrected chi connectivity index (χ3v) is 13.9. The van der Waals surface area contributed by atoms with E-state index >= 15 is 0 Å². The van der Waals surface area contributed by atoms with Gasteiger partial charge in [-0.05, 0) is 64.2 Å². The average molecular weight is 924 g/mol. The highest BCUT2D eigenvalue weighted by Crippen LogP contribution is 2.39. The minimum absolute atomic E-state index is 0.547. The number of rotatable bonds is 58. The van der Waals surface area contributed by atoms with Gasteiger partial charge in [0.15, 0.2) is 11.6 Å². The van der Waals surface area contributed by atoms with Crippen molar-refractivity contribution in [3.8, 4) is 0 Å². The van der Waals surface area contributed by atoms with E-state index in [9.17, 15) is 0 Å². The lowest BCUT2D eigenvalue weighted by Crippen LogP contribution is -2.49. The van der Waals surface area contributed by atoms with Gasteiger partial charge in [-0.3, -0.25) is 0 Å². The summed E-state index contributed by atoms with van der Waals surface area (Å²) in [6.07, 6.45) is 57.8. The van der Waals surface area contributed by atoms with Gasteiger partial charge < -0.3 is 23.7 Å². The van der Waals surface area contributed by atoms with Crippen LogP contribution in [0.4, 0.5) is 0 Å². The number of hydrogen-bond donors (Lipinski definition) is 0. The van der Waals surface area contributed by atoms with Crippen molar-refractivity contribution < 1.29 is 23.7 Å². The van der Waals surface area contributed by atoms with Crippen LogP contribution in [0.25, 0.3) is 0 Å². The molecule has 5 heteroatoms. The van der Waals surface area contributed by atoms with E-state index in [0.29, 0.717) is 0 Å². The summed E-state index contributed by atoms with van der Waals surface area (Å²) in [7, 11) is 0. The summed E-state index contributed by atoms with van der Waals surface area (Å²) in [4.78, 5) is 0. The molecule has 65 heavy (non-hydrogen) atoms. The summed E-state index contributed by atoms with van der Waals surface area (Å²) in [6, 6.07) is 0. The minimum atomic E-state index is -0.547. The number of unbranched alkanes of at least 4 members (excludes halogenated alkanes) is 34. The Morgan fingerprint density at radius 1 is 0.200 bits per heavy atom. The smallest absolute Gasteiger partial charge is 0.171 e. The van der Waals surface area contributed by atoms with Gasteiger partial charge in [-0.1, -0.05) is 247 Å². The molecule has 0 aliphatic heterocycles. The maximum Gasteiger partial charge on any atom is 0.171 e. The highest BCUT2D eigenvalue weighted by Gasteiger charge is 2.43. The maximum absolute atomic E-state index is 7.74. The van der Waals surface area contributed by atoms with Gasteiger partial charge in [0, 0.05) is 52.1 Å². The van der Waals surface area contributed by atoms with Crippen molar-refractivity contribution in [2.75, 3.05) is 39.6 Å². The second-order valence-electron chi connectivity index (χ2n) is 20.6. The molecule has 0 aromatic heterocycles. The second-order valence-corrected chi connectivity index (χ2v) is 20.6. The molecule has 0 bridgehead atoms. The Morgan fingerprint density at radius 2 is 0.385 bits per heavy atom. The summed E-state index contributed by atoms with van der Waals surface area (Å²) < 4.78 is 34.0. The SMILES string of the molecule is CCCCCCCOCCCCCCCCCCOC(CCCCCC)(CCCCCC)OC(CCCCCC)(CCCCCC)OCCCCCCCCCCOCCCCCCC. The third-order valence-electron chi connectivity index (χ3n) is 13.9. The minimum Gasteiger partial charge on any atom is -0.381 e. The lowest BCUT2D eigenvalue weighted by molar-refractivity contribution is -0.369. The Kier molecular flexibility index (Phi) is 53.0. The molecule has 0 spiro atoms. The standard InChI is InChI=1S/C60H122O5/c1-7-13-19-33-43-53-61-55-45-35-29-25-27-31-37-47-57-63-59(49-39-21-15-9-3,50-40-22-16-10-4)65-60(51-41-23-17-11-5,52-42-24-18-12-6)64-58-48-38-32-28-26-30-36-46-56-62-54-44-34-20-14-8-2/h7-58H2,1-6H3. The first-order chi connectivity index (χ1) is 32.1. The molecule has 0 rings (SSSR count). The summed E-state index contributed by atoms with van der Waals surface area (Å²) in [6.45, 7) is 19.3. The maximum atomic E-state index is 7.74. The van der Waals surface area contributed by atoms with E-state index in [1.54, 1.807) is 0 Å². The normalized spacial score (nSPS) is 12.3. The zero-order valence-corrected chi connectivity index (χ0v) is 45.8. The van der Waals surface area contributed by atoms with E-state index in [0.717, 1.165) is 78.2 Å². The molecule has 0 aliphatic carbocycles. The molecule has 0 saturated carbocycles. The van der Waals surface area contributed by atoms with Crippen LogP contribution in [0.3, 0.4) is 0 Å². The largest absolute Gasteiger partial charge is 0.381 e. The Morgan fingerprint density at radius 3 is 0.615 bits per heavy atom. The fourth-order valence-electron chi connectivity index (χ4n) is 9.49. The monoisotopic (exact) mass is 923 g/mol. The first-order valence-corrected chi connectivity index (χ1v) is 30.2. The Hall–Kier alpha value is -0.200. The first-order valence-electron chi connectivity index (χ1n) is 30.2. The first kappa shape index (κ1) is 64.8. The van der Waals surface area contributed by atoms with Crippen LogP contribution in [0, 0.1) is 0 Å². The molecule has 0 radical (unpaired) electrons. The van der Waals surface area contributed by atoms with E-state index in [4.69, 9.17) is 23.7 Å². The Bertz CT molecular complexity index is 772. The molecular weight excluding hydrogens is 801 g/mol. The van der Waals surface area contributed by atoms with E-state index in [1.165, 1.54) is 257 Å². The van der Waals surface area contributed by atoms with Crippen molar-refractivity contribution in [2.24, 2.45) is 0 Å². The topological polar surface area (TPSA) is 46.2 Å². The van der Waals surface area contributed by atoms with Crippen LogP contribution < -0.4 is 0 Å². The molecule has 0 heterocycles. The second kappa shape index (κ2) is 53.2. The van der Waals surface area contributed by atoms with Crippen molar-refractivity contribution >= 4 is 0 Å². The van der Waals surface area contributed by atoms with Crippen molar-refractivity contribution in [1.29, 1.82) is 0 Å². The number of ether oxygens (including phenoxy) is 5. The van der Waals surface area contributed by atoms with E-state index in [1.807, 2.05) is 0 Å². The molecule has 0 saturated heterocycles. The molecular formula is C60H122O5. The zero-order chi connectivity index (χ0) is 47.3. The van der Waals surface area contributed by atoms with Crippen LogP contribution in [0.1, 0.15) is 337 Å². The summed E-state index contributed by atoms with van der Waals surface area (Å²) in [5, 5.41) is 0. The van der Waals surface area contributed by atoms with Crippen LogP contribution in [0.15, 0.2) is 0 Å². The van der Waals surface area contributed by atoms with Gasteiger partial charge in [0.25, 0.3) is 0 Å². The predicted octanol–water partition coefficient (Wildman–Crippen LogP) is 20.5. The van der Waals surface area contributed by atoms with Gasteiger partial charge in [-0.2, -0.15) is 0 Å². The fraction of sp³-hybridized carbons (Fsp3) is 1.00. The summed E-state index contributed by atoms with van der Waals surface area (Å²) in [5.41, 5.74) is 0. The average Bonchev–Trinajstić information content (AvgIpc) is 3.31. The Labute approximate surface area is 410 Å². The molecule has 0 fully saturated rings. The van der Waals surface area contributed by atoms with Crippen molar-refractivity contribution in [3.05, 3.63) is 0 Å². The van der Waals surface area contributed by atoms with Gasteiger partial charge in [0.1, 0.15) is 0 Å². The van der Waals surface area contributed by atoms with E-state index in [2.05, 4.69) is 41.5 Å². The fourth-order valence-corrected chi connectivity index (χ4v) is 9.49. The van der Waals surface area contributed by atoms with Gasteiger partial charge in [-0.15, -0.1) is 0 Å². The van der Waals surface area contributed by atoms with Gasteiger partial charge in [0.2, 0.25) is 0 Å². The van der Waals surface area contributed by atoms with Gasteiger partial charge >= 0.3 is 0 Å². The molecule has 0 aromatic rings. The highest BCUT2D eigenvalue weighted by atomic mass is 16.8. The molecule has 0 atom stereocenters. The molecule has 0 unspecified atom stereocenters. The summed E-state index contributed by atoms with van der Waals surface area (Å²) in [5.74, 6) is -1.09. The number of hydrogen-bond acceptors (Lipinski definition) is 5. The van der Waals surface area contributed by atoms with Crippen LogP contribution >= 0.6 is 0 Å². The molecule has 0 N–H and O–H groups in total. The lowest BCUT2D eigenvalue weighted by Gasteiger charge is -2.44. The summed E-state index contributed by atoms with van der Waals surface area (Å²) >= 11 is 0. The van der Waals surface area contributed by atoms with E-state index < -0.39 is 11.6 Å². The molecule has 392 valence electrons.